The van der Waals surface area contributed by atoms with Crippen LogP contribution in [0, 0.1) is 0 Å². The molecule has 0 atom stereocenters. The van der Waals surface area contributed by atoms with Crippen molar-refractivity contribution in [2.75, 3.05) is 21.1 Å². The first kappa shape index (κ1) is 20.7. The van der Waals surface area contributed by atoms with Crippen LogP contribution in [0.3, 0.4) is 0 Å². The smallest absolute Gasteiger partial charge is 1.00 e. The van der Waals surface area contributed by atoms with Gasteiger partial charge in [-0.3, -0.25) is 0 Å². The van der Waals surface area contributed by atoms with Crippen molar-refractivity contribution in [2.24, 2.45) is 0 Å². The molecule has 0 spiro atoms. The van der Waals surface area contributed by atoms with Gasteiger partial charge in [0, 0.05) is 11.6 Å². The molecule has 0 aromatic carbocycles. The molecular weight excluding hydrogens is 225 g/mol. The first-order chi connectivity index (χ1) is 6.31. The van der Waals surface area contributed by atoms with Gasteiger partial charge in [0.1, 0.15) is 0 Å². The quantitative estimate of drug-likeness (QED) is 0.434. The Bertz CT molecular complexity index is 229. The third-order valence-corrected chi connectivity index (χ3v) is 0.953. The molecule has 0 radical (unpaired) electrons. The molecule has 0 unspecified atom stereocenters. The molecule has 6 heteroatoms. The van der Waals surface area contributed by atoms with E-state index in [0.717, 1.165) is 0 Å². The van der Waals surface area contributed by atoms with E-state index in [-0.39, 0.29) is 64.8 Å². The molecule has 0 saturated heterocycles. The van der Waals surface area contributed by atoms with E-state index in [4.69, 9.17) is 10.2 Å². The molecule has 0 bridgehead atoms. The number of hydrogen-bond acceptors (Lipinski definition) is 3. The summed E-state index contributed by atoms with van der Waals surface area (Å²) in [5.41, 5.74) is -0.0903. The number of carboxylic acid groups (broad SMARTS) is 2. The van der Waals surface area contributed by atoms with E-state index < -0.39 is 11.9 Å². The SMILES string of the molecule is CC/C(=C/C(=O)O)C(=O)O.CN(C)C.[H-].[K+]. The van der Waals surface area contributed by atoms with Gasteiger partial charge in [0.05, 0.1) is 0 Å². The Morgan fingerprint density at radius 3 is 1.67 bits per heavy atom. The maximum Gasteiger partial charge on any atom is 1.00 e. The Morgan fingerprint density at radius 1 is 1.27 bits per heavy atom. The van der Waals surface area contributed by atoms with Gasteiger partial charge in [-0.05, 0) is 27.6 Å². The topological polar surface area (TPSA) is 77.8 Å². The molecule has 0 amide bonds. The molecular formula is C9H18KNO4. The third kappa shape index (κ3) is 20.4. The van der Waals surface area contributed by atoms with Gasteiger partial charge in [-0.15, -0.1) is 0 Å². The molecule has 84 valence electrons. The average Bonchev–Trinajstić information content (AvgIpc) is 1.98. The van der Waals surface area contributed by atoms with Crippen LogP contribution >= 0.6 is 0 Å². The van der Waals surface area contributed by atoms with Gasteiger partial charge in [0.25, 0.3) is 0 Å². The molecule has 0 fully saturated rings. The summed E-state index contributed by atoms with van der Waals surface area (Å²) in [6, 6.07) is 0. The molecule has 5 nitrogen and oxygen atoms in total. The zero-order valence-electron chi connectivity index (χ0n) is 10.9. The summed E-state index contributed by atoms with van der Waals surface area (Å²) < 4.78 is 0. The Hall–Kier alpha value is 0.276. The van der Waals surface area contributed by atoms with E-state index in [2.05, 4.69) is 0 Å². The number of carboxylic acids is 2. The second-order valence-corrected chi connectivity index (χ2v) is 3.01. The van der Waals surface area contributed by atoms with Crippen LogP contribution in [0.15, 0.2) is 11.6 Å². The fourth-order valence-electron chi connectivity index (χ4n) is 0.464. The van der Waals surface area contributed by atoms with Gasteiger partial charge in [0.15, 0.2) is 0 Å². The van der Waals surface area contributed by atoms with Gasteiger partial charge >= 0.3 is 63.3 Å². The van der Waals surface area contributed by atoms with Crippen LogP contribution in [-0.4, -0.2) is 48.2 Å². The minimum absolute atomic E-state index is 0. The van der Waals surface area contributed by atoms with Gasteiger partial charge in [0.2, 0.25) is 0 Å². The Kier molecular flexibility index (Phi) is 17.0. The monoisotopic (exact) mass is 243 g/mol. The molecule has 0 aliphatic carbocycles. The molecule has 15 heavy (non-hydrogen) atoms. The summed E-state index contributed by atoms with van der Waals surface area (Å²) in [6.07, 6.45) is 0.921. The van der Waals surface area contributed by atoms with Crippen LogP contribution in [0.25, 0.3) is 0 Å². The van der Waals surface area contributed by atoms with Crippen LogP contribution in [0.1, 0.15) is 14.8 Å². The van der Waals surface area contributed by atoms with Gasteiger partial charge < -0.3 is 16.5 Å². The molecule has 0 rings (SSSR count). The Balaban J connectivity index is -0.000000105. The van der Waals surface area contributed by atoms with Crippen LogP contribution in [-0.2, 0) is 9.59 Å². The maximum atomic E-state index is 10.1. The van der Waals surface area contributed by atoms with E-state index in [1.165, 1.54) is 0 Å². The van der Waals surface area contributed by atoms with Gasteiger partial charge in [-0.2, -0.15) is 0 Å². The first-order valence-corrected chi connectivity index (χ1v) is 4.09. The molecule has 2 N–H and O–H groups in total. The Morgan fingerprint density at radius 2 is 1.60 bits per heavy atom. The normalized spacial score (nSPS) is 9.80. The second-order valence-electron chi connectivity index (χ2n) is 3.01. The van der Waals surface area contributed by atoms with Crippen molar-refractivity contribution in [1.82, 2.24) is 4.90 Å². The van der Waals surface area contributed by atoms with E-state index in [1.807, 2.05) is 26.0 Å². The zero-order chi connectivity index (χ0) is 11.7. The van der Waals surface area contributed by atoms with Crippen LogP contribution in [0.5, 0.6) is 0 Å². The fraction of sp³-hybridized carbons (Fsp3) is 0.556. The number of carbonyl (C=O) groups is 2. The summed E-state index contributed by atoms with van der Waals surface area (Å²) in [5.74, 6) is -2.40. The van der Waals surface area contributed by atoms with Crippen molar-refractivity contribution in [1.29, 1.82) is 0 Å². The van der Waals surface area contributed by atoms with E-state index >= 15 is 0 Å². The van der Waals surface area contributed by atoms with Crippen LogP contribution in [0.2, 0.25) is 0 Å². The molecule has 0 aliphatic heterocycles. The molecule has 0 aliphatic rings. The summed E-state index contributed by atoms with van der Waals surface area (Å²) >= 11 is 0. The number of rotatable bonds is 3. The van der Waals surface area contributed by atoms with Crippen molar-refractivity contribution < 1.29 is 72.6 Å². The molecule has 0 heterocycles. The maximum absolute atomic E-state index is 10.1. The minimum Gasteiger partial charge on any atom is -1.00 e. The standard InChI is InChI=1S/C6H8O4.C3H9N.K.H/c1-2-4(6(9)10)3-5(7)8;1-4(2)3;;/h3H,2H2,1H3,(H,7,8)(H,9,10);1-3H3;;/q;;+1;-1/b4-3-;;;. The van der Waals surface area contributed by atoms with Crippen molar-refractivity contribution in [3.63, 3.8) is 0 Å². The zero-order valence-corrected chi connectivity index (χ0v) is 13.1. The summed E-state index contributed by atoms with van der Waals surface area (Å²) in [6.45, 7) is 1.59. The van der Waals surface area contributed by atoms with Crippen molar-refractivity contribution in [2.45, 2.75) is 13.3 Å². The summed E-state index contributed by atoms with van der Waals surface area (Å²) in [7, 11) is 6.00. The van der Waals surface area contributed by atoms with Crippen molar-refractivity contribution >= 4 is 11.9 Å². The summed E-state index contributed by atoms with van der Waals surface area (Å²) in [5, 5.41) is 16.4. The average molecular weight is 243 g/mol. The van der Waals surface area contributed by atoms with Crippen LogP contribution < -0.4 is 51.4 Å². The molecule has 0 saturated carbocycles. The molecule has 0 aromatic heterocycles. The fourth-order valence-corrected chi connectivity index (χ4v) is 0.464. The van der Waals surface area contributed by atoms with Crippen LogP contribution in [0.4, 0.5) is 0 Å². The van der Waals surface area contributed by atoms with E-state index in [1.54, 1.807) is 6.92 Å². The van der Waals surface area contributed by atoms with E-state index in [0.29, 0.717) is 6.08 Å². The minimum atomic E-state index is -1.22. The predicted octanol–water partition coefficient (Wildman–Crippen LogP) is -2.21. The first-order valence-electron chi connectivity index (χ1n) is 4.09. The van der Waals surface area contributed by atoms with Crippen molar-refractivity contribution in [3.8, 4) is 0 Å². The second kappa shape index (κ2) is 12.3. The molecule has 0 aromatic rings. The number of nitrogens with zero attached hydrogens (tertiary/aromatic N) is 1. The predicted molar refractivity (Wildman–Crippen MR) is 54.4 cm³/mol. The largest absolute Gasteiger partial charge is 1.00 e. The number of aliphatic carboxylic acids is 2. The Labute approximate surface area is 134 Å². The van der Waals surface area contributed by atoms with E-state index in [9.17, 15) is 9.59 Å². The number of hydrogen-bond donors (Lipinski definition) is 2. The van der Waals surface area contributed by atoms with Gasteiger partial charge in [-0.1, -0.05) is 6.92 Å². The summed E-state index contributed by atoms with van der Waals surface area (Å²) in [4.78, 5) is 22.1. The van der Waals surface area contributed by atoms with Crippen molar-refractivity contribution in [3.05, 3.63) is 11.6 Å². The van der Waals surface area contributed by atoms with Gasteiger partial charge in [-0.25, -0.2) is 9.59 Å². The third-order valence-electron chi connectivity index (χ3n) is 0.953.